The number of aromatic amines is 1. The van der Waals surface area contributed by atoms with Gasteiger partial charge in [0.1, 0.15) is 18.1 Å². The zero-order valence-corrected chi connectivity index (χ0v) is 19.3. The van der Waals surface area contributed by atoms with Crippen molar-refractivity contribution in [2.75, 3.05) is 37.8 Å². The molecule has 0 aliphatic heterocycles. The van der Waals surface area contributed by atoms with Crippen LogP contribution in [0.1, 0.15) is 11.7 Å². The van der Waals surface area contributed by atoms with Crippen molar-refractivity contribution in [3.63, 3.8) is 0 Å². The lowest BCUT2D eigenvalue weighted by Crippen LogP contribution is -2.26. The number of fused-ring (bicyclic) bond motifs is 3. The number of aliphatic hydroxyl groups excluding tert-OH is 1. The fourth-order valence-electron chi connectivity index (χ4n) is 3.70. The largest absolute Gasteiger partial charge is 0.497 e. The molecule has 3 aromatic carbocycles. The topological polar surface area (TPSA) is 113 Å². The Labute approximate surface area is 192 Å². The highest BCUT2D eigenvalue weighted by molar-refractivity contribution is 7.92. The maximum Gasteiger partial charge on any atom is 0.229 e. The van der Waals surface area contributed by atoms with Crippen LogP contribution in [-0.2, 0) is 10.0 Å². The first-order valence-electron chi connectivity index (χ1n) is 10.5. The van der Waals surface area contributed by atoms with E-state index >= 15 is 0 Å². The number of hydrogen-bond donors (Lipinski definition) is 4. The fourth-order valence-corrected chi connectivity index (χ4v) is 4.25. The van der Waals surface area contributed by atoms with Crippen molar-refractivity contribution >= 4 is 37.5 Å². The Hall–Kier alpha value is -3.27. The molecule has 4 rings (SSSR count). The number of anilines is 1. The van der Waals surface area contributed by atoms with Crippen LogP contribution in [0, 0.1) is 0 Å². The number of rotatable bonds is 10. The molecule has 0 bridgehead atoms. The van der Waals surface area contributed by atoms with Gasteiger partial charge >= 0.3 is 0 Å². The first kappa shape index (κ1) is 22.9. The summed E-state index contributed by atoms with van der Waals surface area (Å²) in [5.41, 5.74) is 3.07. The SMILES string of the molecule is COc1ccc2[nH]c3cc(OCCNCC(O)c4cccc(NS(C)(=O)=O)c4)ccc3c2c1. The molecule has 1 atom stereocenters. The van der Waals surface area contributed by atoms with Gasteiger partial charge in [0.2, 0.25) is 10.0 Å². The normalized spacial score (nSPS) is 12.7. The number of sulfonamides is 1. The first-order valence-corrected chi connectivity index (χ1v) is 12.4. The Kier molecular flexibility index (Phi) is 6.73. The van der Waals surface area contributed by atoms with Crippen LogP contribution in [-0.4, -0.2) is 51.6 Å². The second-order valence-electron chi connectivity index (χ2n) is 7.81. The van der Waals surface area contributed by atoms with Gasteiger partial charge in [-0.15, -0.1) is 0 Å². The molecule has 1 aromatic heterocycles. The van der Waals surface area contributed by atoms with Gasteiger partial charge in [0, 0.05) is 41.1 Å². The standard InChI is InChI=1S/C24H27N3O5S/c1-31-18-7-9-22-21(13-18)20-8-6-19(14-23(20)26-22)32-11-10-25-15-24(28)16-4-3-5-17(12-16)27-33(2,29)30/h3-9,12-14,24-28H,10-11,15H2,1-2H3. The van der Waals surface area contributed by atoms with Crippen molar-refractivity contribution in [2.24, 2.45) is 0 Å². The molecular weight excluding hydrogens is 442 g/mol. The minimum atomic E-state index is -3.37. The number of benzene rings is 3. The average molecular weight is 470 g/mol. The van der Waals surface area contributed by atoms with E-state index in [2.05, 4.69) is 15.0 Å². The molecular formula is C24H27N3O5S. The highest BCUT2D eigenvalue weighted by Crippen LogP contribution is 2.30. The lowest BCUT2D eigenvalue weighted by molar-refractivity contribution is 0.172. The lowest BCUT2D eigenvalue weighted by atomic mass is 10.1. The molecule has 0 fully saturated rings. The number of methoxy groups -OCH3 is 1. The van der Waals surface area contributed by atoms with Gasteiger partial charge in [-0.25, -0.2) is 8.42 Å². The molecule has 0 radical (unpaired) electrons. The zero-order chi connectivity index (χ0) is 23.4. The Morgan fingerprint density at radius 3 is 2.61 bits per heavy atom. The van der Waals surface area contributed by atoms with Gasteiger partial charge in [-0.05, 0) is 48.0 Å². The Balaban J connectivity index is 1.29. The van der Waals surface area contributed by atoms with Crippen LogP contribution in [0.2, 0.25) is 0 Å². The van der Waals surface area contributed by atoms with Gasteiger partial charge in [0.05, 0.1) is 25.0 Å². The van der Waals surface area contributed by atoms with Gasteiger partial charge in [0.15, 0.2) is 0 Å². The van der Waals surface area contributed by atoms with E-state index in [0.29, 0.717) is 30.9 Å². The average Bonchev–Trinajstić information content (AvgIpc) is 3.14. The minimum absolute atomic E-state index is 0.314. The molecule has 0 spiro atoms. The van der Waals surface area contributed by atoms with Crippen molar-refractivity contribution < 1.29 is 23.0 Å². The van der Waals surface area contributed by atoms with Crippen molar-refractivity contribution in [1.29, 1.82) is 0 Å². The third-order valence-electron chi connectivity index (χ3n) is 5.24. The quantitative estimate of drug-likeness (QED) is 0.265. The molecule has 33 heavy (non-hydrogen) atoms. The van der Waals surface area contributed by atoms with Crippen molar-refractivity contribution in [3.05, 3.63) is 66.2 Å². The molecule has 1 unspecified atom stereocenters. The highest BCUT2D eigenvalue weighted by Gasteiger charge is 2.10. The van der Waals surface area contributed by atoms with E-state index in [4.69, 9.17) is 9.47 Å². The van der Waals surface area contributed by atoms with Crippen LogP contribution in [0.5, 0.6) is 11.5 Å². The summed E-state index contributed by atoms with van der Waals surface area (Å²) in [5, 5.41) is 15.7. The van der Waals surface area contributed by atoms with Crippen molar-refractivity contribution in [3.8, 4) is 11.5 Å². The number of aliphatic hydroxyl groups is 1. The lowest BCUT2D eigenvalue weighted by Gasteiger charge is -2.14. The summed E-state index contributed by atoms with van der Waals surface area (Å²) in [6.07, 6.45) is 0.316. The van der Waals surface area contributed by atoms with Crippen LogP contribution >= 0.6 is 0 Å². The Morgan fingerprint density at radius 1 is 1.00 bits per heavy atom. The zero-order valence-electron chi connectivity index (χ0n) is 18.5. The van der Waals surface area contributed by atoms with E-state index in [1.807, 2.05) is 36.4 Å². The van der Waals surface area contributed by atoms with Crippen molar-refractivity contribution in [2.45, 2.75) is 6.10 Å². The molecule has 0 aliphatic carbocycles. The highest BCUT2D eigenvalue weighted by atomic mass is 32.2. The van der Waals surface area contributed by atoms with Gasteiger partial charge in [0.25, 0.3) is 0 Å². The predicted molar refractivity (Wildman–Crippen MR) is 131 cm³/mol. The van der Waals surface area contributed by atoms with E-state index in [1.54, 1.807) is 31.4 Å². The molecule has 9 heteroatoms. The Bertz CT molecular complexity index is 1370. The van der Waals surface area contributed by atoms with E-state index in [-0.39, 0.29) is 0 Å². The third-order valence-corrected chi connectivity index (χ3v) is 5.84. The predicted octanol–water partition coefficient (Wildman–Crippen LogP) is 3.40. The summed E-state index contributed by atoms with van der Waals surface area (Å²) in [4.78, 5) is 3.40. The van der Waals surface area contributed by atoms with Gasteiger partial charge in [-0.2, -0.15) is 0 Å². The molecule has 174 valence electrons. The van der Waals surface area contributed by atoms with Crippen LogP contribution in [0.3, 0.4) is 0 Å². The molecule has 4 N–H and O–H groups in total. The molecule has 0 aliphatic rings. The molecule has 4 aromatic rings. The second-order valence-corrected chi connectivity index (χ2v) is 9.56. The maximum atomic E-state index is 11.4. The fraction of sp³-hybridized carbons (Fsp3) is 0.250. The molecule has 1 heterocycles. The van der Waals surface area contributed by atoms with E-state index in [9.17, 15) is 13.5 Å². The molecule has 0 saturated carbocycles. The first-order chi connectivity index (χ1) is 15.8. The number of ether oxygens (including phenoxy) is 2. The monoisotopic (exact) mass is 469 g/mol. The van der Waals surface area contributed by atoms with Gasteiger partial charge in [-0.3, -0.25) is 4.72 Å². The van der Waals surface area contributed by atoms with Crippen LogP contribution in [0.15, 0.2) is 60.7 Å². The number of aromatic nitrogens is 1. The Morgan fingerprint density at radius 2 is 1.82 bits per heavy atom. The summed E-state index contributed by atoms with van der Waals surface area (Å²) in [7, 11) is -1.71. The summed E-state index contributed by atoms with van der Waals surface area (Å²) in [5.74, 6) is 1.57. The summed E-state index contributed by atoms with van der Waals surface area (Å²) in [6, 6.07) is 18.6. The maximum absolute atomic E-state index is 11.4. The third kappa shape index (κ3) is 5.75. The number of H-pyrrole nitrogens is 1. The molecule has 0 saturated heterocycles. The van der Waals surface area contributed by atoms with E-state index < -0.39 is 16.1 Å². The van der Waals surface area contributed by atoms with E-state index in [1.165, 1.54) is 0 Å². The summed E-state index contributed by atoms with van der Waals surface area (Å²) >= 11 is 0. The van der Waals surface area contributed by atoms with E-state index in [0.717, 1.165) is 39.6 Å². The molecule has 0 amide bonds. The van der Waals surface area contributed by atoms with Crippen molar-refractivity contribution in [1.82, 2.24) is 10.3 Å². The number of hydrogen-bond acceptors (Lipinski definition) is 6. The smallest absolute Gasteiger partial charge is 0.229 e. The van der Waals surface area contributed by atoms with Crippen LogP contribution in [0.25, 0.3) is 21.8 Å². The van der Waals surface area contributed by atoms with Gasteiger partial charge in [-0.1, -0.05) is 12.1 Å². The van der Waals surface area contributed by atoms with Gasteiger partial charge < -0.3 is 24.9 Å². The minimum Gasteiger partial charge on any atom is -0.497 e. The number of nitrogens with one attached hydrogen (secondary N) is 3. The second kappa shape index (κ2) is 9.70. The van der Waals surface area contributed by atoms with Crippen LogP contribution in [0.4, 0.5) is 5.69 Å². The summed E-state index contributed by atoms with van der Waals surface area (Å²) < 4.78 is 36.3. The molecule has 8 nitrogen and oxygen atoms in total. The summed E-state index contributed by atoms with van der Waals surface area (Å²) in [6.45, 7) is 1.29. The van der Waals surface area contributed by atoms with Crippen LogP contribution < -0.4 is 19.5 Å².